The van der Waals surface area contributed by atoms with Crippen molar-refractivity contribution < 1.29 is 14.3 Å². The van der Waals surface area contributed by atoms with Crippen molar-refractivity contribution in [1.29, 1.82) is 0 Å². The number of carbonyl (C=O) groups excluding carboxylic acids is 1. The summed E-state index contributed by atoms with van der Waals surface area (Å²) in [6, 6.07) is 14.6. The molecule has 2 aromatic carbocycles. The summed E-state index contributed by atoms with van der Waals surface area (Å²) in [5, 5.41) is 3.31. The molecule has 2 heterocycles. The fourth-order valence-electron chi connectivity index (χ4n) is 3.72. The van der Waals surface area contributed by atoms with Gasteiger partial charge in [0, 0.05) is 24.0 Å². The van der Waals surface area contributed by atoms with Crippen molar-refractivity contribution >= 4 is 29.2 Å². The van der Waals surface area contributed by atoms with Crippen LogP contribution in [-0.2, 0) is 6.54 Å². The molecule has 0 saturated heterocycles. The van der Waals surface area contributed by atoms with E-state index in [1.54, 1.807) is 30.2 Å². The normalized spacial score (nSPS) is 15.4. The molecule has 1 N–H and O–H groups in total. The van der Waals surface area contributed by atoms with E-state index in [1.165, 1.54) is 12.8 Å². The van der Waals surface area contributed by atoms with Gasteiger partial charge in [0.05, 0.1) is 26.5 Å². The van der Waals surface area contributed by atoms with Crippen molar-refractivity contribution in [3.63, 3.8) is 0 Å². The largest absolute Gasteiger partial charge is 0.497 e. The number of fused-ring (bicyclic) bond motifs is 1. The SMILES string of the molecule is COc1ccc(N2Cc3cnc(NCC4CC4)nc3N(c3ccc(OC)cc3)C2=O)cc1. The first-order chi connectivity index (χ1) is 15.7. The van der Waals surface area contributed by atoms with Gasteiger partial charge in [0.2, 0.25) is 5.95 Å². The van der Waals surface area contributed by atoms with E-state index >= 15 is 0 Å². The summed E-state index contributed by atoms with van der Waals surface area (Å²) in [5.41, 5.74) is 2.35. The Morgan fingerprint density at radius 1 is 0.969 bits per heavy atom. The molecule has 1 saturated carbocycles. The molecular formula is C24H25N5O3. The Morgan fingerprint density at radius 2 is 1.59 bits per heavy atom. The van der Waals surface area contributed by atoms with Gasteiger partial charge in [-0.15, -0.1) is 0 Å². The van der Waals surface area contributed by atoms with Crippen LogP contribution in [0.3, 0.4) is 0 Å². The predicted molar refractivity (Wildman–Crippen MR) is 123 cm³/mol. The topological polar surface area (TPSA) is 79.8 Å². The lowest BCUT2D eigenvalue weighted by Crippen LogP contribution is -2.45. The molecule has 164 valence electrons. The Hall–Kier alpha value is -3.81. The summed E-state index contributed by atoms with van der Waals surface area (Å²) in [5.74, 6) is 3.29. The van der Waals surface area contributed by atoms with Crippen LogP contribution in [0, 0.1) is 5.92 Å². The van der Waals surface area contributed by atoms with Crippen molar-refractivity contribution in [2.45, 2.75) is 19.4 Å². The third-order valence-corrected chi connectivity index (χ3v) is 5.76. The van der Waals surface area contributed by atoms with E-state index in [-0.39, 0.29) is 6.03 Å². The second-order valence-electron chi connectivity index (χ2n) is 7.97. The lowest BCUT2D eigenvalue weighted by Gasteiger charge is -2.36. The Balaban J connectivity index is 1.53. The molecule has 0 atom stereocenters. The van der Waals surface area contributed by atoms with Crippen LogP contribution in [-0.4, -0.2) is 36.8 Å². The minimum Gasteiger partial charge on any atom is -0.497 e. The fraction of sp³-hybridized carbons (Fsp3) is 0.292. The quantitative estimate of drug-likeness (QED) is 0.589. The number of nitrogens with zero attached hydrogens (tertiary/aromatic N) is 4. The number of rotatable bonds is 7. The number of ether oxygens (including phenoxy) is 2. The Bertz CT molecular complexity index is 1110. The highest BCUT2D eigenvalue weighted by atomic mass is 16.5. The van der Waals surface area contributed by atoms with E-state index in [2.05, 4.69) is 10.3 Å². The van der Waals surface area contributed by atoms with Crippen LogP contribution in [0.25, 0.3) is 0 Å². The smallest absolute Gasteiger partial charge is 0.335 e. The van der Waals surface area contributed by atoms with Crippen LogP contribution in [0.15, 0.2) is 54.7 Å². The first kappa shape index (κ1) is 20.1. The summed E-state index contributed by atoms with van der Waals surface area (Å²) in [6.45, 7) is 1.24. The molecule has 2 aliphatic rings. The fourth-order valence-corrected chi connectivity index (χ4v) is 3.72. The summed E-state index contributed by atoms with van der Waals surface area (Å²) < 4.78 is 10.5. The molecule has 1 fully saturated rings. The third-order valence-electron chi connectivity index (χ3n) is 5.76. The number of carbonyl (C=O) groups is 1. The number of amides is 2. The summed E-state index contributed by atoms with van der Waals surface area (Å²) >= 11 is 0. The Kier molecular flexibility index (Phi) is 5.26. The van der Waals surface area contributed by atoms with E-state index in [9.17, 15) is 4.79 Å². The van der Waals surface area contributed by atoms with E-state index in [4.69, 9.17) is 14.5 Å². The standard InChI is InChI=1S/C24H25N5O3/c1-31-20-9-5-18(6-10-20)28-15-17-14-26-23(25-13-16-3-4-16)27-22(17)29(24(28)30)19-7-11-21(32-2)12-8-19/h5-12,14,16H,3-4,13,15H2,1-2H3,(H,25,26,27). The van der Waals surface area contributed by atoms with Crippen molar-refractivity contribution in [3.8, 4) is 11.5 Å². The molecular weight excluding hydrogens is 406 g/mol. The van der Waals surface area contributed by atoms with Gasteiger partial charge in [-0.2, -0.15) is 4.98 Å². The van der Waals surface area contributed by atoms with Gasteiger partial charge in [-0.1, -0.05) is 0 Å². The average molecular weight is 431 g/mol. The number of nitrogens with one attached hydrogen (secondary N) is 1. The van der Waals surface area contributed by atoms with Gasteiger partial charge < -0.3 is 14.8 Å². The van der Waals surface area contributed by atoms with E-state index in [0.717, 1.165) is 29.3 Å². The maximum atomic E-state index is 13.7. The number of methoxy groups -OCH3 is 2. The van der Waals surface area contributed by atoms with Crippen molar-refractivity contribution in [2.24, 2.45) is 5.92 Å². The lowest BCUT2D eigenvalue weighted by molar-refractivity contribution is 0.252. The molecule has 1 aromatic heterocycles. The molecule has 3 aromatic rings. The van der Waals surface area contributed by atoms with Crippen molar-refractivity contribution in [2.75, 3.05) is 35.9 Å². The van der Waals surface area contributed by atoms with Crippen LogP contribution < -0.4 is 24.6 Å². The molecule has 0 spiro atoms. The van der Waals surface area contributed by atoms with Crippen molar-refractivity contribution in [3.05, 3.63) is 60.3 Å². The highest BCUT2D eigenvalue weighted by Gasteiger charge is 2.34. The Morgan fingerprint density at radius 3 is 2.19 bits per heavy atom. The maximum absolute atomic E-state index is 13.7. The molecule has 8 heteroatoms. The van der Waals surface area contributed by atoms with E-state index < -0.39 is 0 Å². The monoisotopic (exact) mass is 431 g/mol. The minimum atomic E-state index is -0.181. The van der Waals surface area contributed by atoms with Gasteiger partial charge in [-0.25, -0.2) is 14.7 Å². The molecule has 0 radical (unpaired) electrons. The van der Waals surface area contributed by atoms with Crippen LogP contribution in [0.4, 0.5) is 27.9 Å². The van der Waals surface area contributed by atoms with Crippen LogP contribution in [0.5, 0.6) is 11.5 Å². The number of hydrogen-bond acceptors (Lipinski definition) is 6. The highest BCUT2D eigenvalue weighted by Crippen LogP contribution is 2.37. The summed E-state index contributed by atoms with van der Waals surface area (Å²) in [4.78, 5) is 26.3. The van der Waals surface area contributed by atoms with Gasteiger partial charge in [0.15, 0.2) is 5.82 Å². The van der Waals surface area contributed by atoms with Gasteiger partial charge in [0.25, 0.3) is 0 Å². The number of hydrogen-bond donors (Lipinski definition) is 1. The minimum absolute atomic E-state index is 0.181. The van der Waals surface area contributed by atoms with Gasteiger partial charge in [-0.3, -0.25) is 4.90 Å². The van der Waals surface area contributed by atoms with Gasteiger partial charge in [0.1, 0.15) is 11.5 Å². The number of benzene rings is 2. The zero-order valence-electron chi connectivity index (χ0n) is 18.1. The lowest BCUT2D eigenvalue weighted by atomic mass is 10.1. The number of aromatic nitrogens is 2. The van der Waals surface area contributed by atoms with E-state index in [0.29, 0.717) is 29.9 Å². The van der Waals surface area contributed by atoms with Crippen LogP contribution in [0.2, 0.25) is 0 Å². The molecule has 1 aliphatic carbocycles. The predicted octanol–water partition coefficient (Wildman–Crippen LogP) is 4.59. The average Bonchev–Trinajstić information content (AvgIpc) is 3.67. The highest BCUT2D eigenvalue weighted by molar-refractivity contribution is 6.10. The zero-order chi connectivity index (χ0) is 22.1. The van der Waals surface area contributed by atoms with E-state index in [1.807, 2.05) is 48.5 Å². The molecule has 5 rings (SSSR count). The van der Waals surface area contributed by atoms with Crippen molar-refractivity contribution in [1.82, 2.24) is 9.97 Å². The Labute approximate surface area is 186 Å². The number of urea groups is 1. The molecule has 8 nitrogen and oxygen atoms in total. The summed E-state index contributed by atoms with van der Waals surface area (Å²) in [7, 11) is 3.24. The maximum Gasteiger partial charge on any atom is 0.335 e. The molecule has 32 heavy (non-hydrogen) atoms. The molecule has 2 amide bonds. The molecule has 0 bridgehead atoms. The molecule has 0 unspecified atom stereocenters. The first-order valence-corrected chi connectivity index (χ1v) is 10.7. The second-order valence-corrected chi connectivity index (χ2v) is 7.97. The summed E-state index contributed by atoms with van der Waals surface area (Å²) in [6.07, 6.45) is 4.29. The van der Waals surface area contributed by atoms with Gasteiger partial charge >= 0.3 is 6.03 Å². The third kappa shape index (κ3) is 3.91. The van der Waals surface area contributed by atoms with Gasteiger partial charge in [-0.05, 0) is 67.3 Å². The van der Waals surface area contributed by atoms with Crippen LogP contribution in [0.1, 0.15) is 18.4 Å². The second kappa shape index (κ2) is 8.37. The first-order valence-electron chi connectivity index (χ1n) is 10.7. The zero-order valence-corrected chi connectivity index (χ0v) is 18.1. The number of anilines is 4. The van der Waals surface area contributed by atoms with Crippen LogP contribution >= 0.6 is 0 Å². The molecule has 1 aliphatic heterocycles.